The highest BCUT2D eigenvalue weighted by Crippen LogP contribution is 2.28. The van der Waals surface area contributed by atoms with Crippen LogP contribution in [0.1, 0.15) is 5.69 Å². The van der Waals surface area contributed by atoms with Crippen LogP contribution in [0.15, 0.2) is 28.9 Å². The number of ether oxygens (including phenoxy) is 3. The molecule has 2 aromatic rings. The first-order chi connectivity index (χ1) is 12.9. The topological polar surface area (TPSA) is 83.9 Å². The molecule has 0 spiro atoms. The summed E-state index contributed by atoms with van der Waals surface area (Å²) in [6.07, 6.45) is -4.82. The van der Waals surface area contributed by atoms with Gasteiger partial charge in [0.25, 0.3) is 0 Å². The second-order valence-corrected chi connectivity index (χ2v) is 6.31. The standard InChI is InChI=1S/C16H16F3N3O5/c17-16(18,19)26-11-3-1-10(2-4-11)15-12(20-27-22(15)23)7-21-8-13-14(9-21)25-6-5-24-13/h1-4,13-14H,5-9H2/t13-,14+. The third-order valence-electron chi connectivity index (χ3n) is 4.45. The van der Waals surface area contributed by atoms with Crippen LogP contribution in [-0.2, 0) is 16.0 Å². The Morgan fingerprint density at radius 3 is 2.37 bits per heavy atom. The van der Waals surface area contributed by atoms with Crippen LogP contribution < -0.4 is 9.64 Å². The first-order valence-electron chi connectivity index (χ1n) is 8.29. The van der Waals surface area contributed by atoms with Gasteiger partial charge in [0, 0.05) is 23.8 Å². The van der Waals surface area contributed by atoms with Crippen molar-refractivity contribution < 1.29 is 36.9 Å². The van der Waals surface area contributed by atoms with E-state index in [0.29, 0.717) is 44.1 Å². The molecule has 3 heterocycles. The van der Waals surface area contributed by atoms with E-state index in [-0.39, 0.29) is 28.6 Å². The van der Waals surface area contributed by atoms with Gasteiger partial charge in [0.2, 0.25) is 11.4 Å². The summed E-state index contributed by atoms with van der Waals surface area (Å²) in [5.74, 6) is -0.375. The monoisotopic (exact) mass is 387 g/mol. The Bertz CT molecular complexity index is 782. The number of halogens is 3. The molecule has 27 heavy (non-hydrogen) atoms. The van der Waals surface area contributed by atoms with Crippen molar-refractivity contribution in [3.63, 3.8) is 0 Å². The summed E-state index contributed by atoms with van der Waals surface area (Å²) in [6.45, 7) is 2.70. The van der Waals surface area contributed by atoms with Gasteiger partial charge < -0.3 is 19.4 Å². The average Bonchev–Trinajstić information content (AvgIpc) is 3.17. The summed E-state index contributed by atoms with van der Waals surface area (Å²) in [5.41, 5.74) is 0.901. The fourth-order valence-electron chi connectivity index (χ4n) is 3.34. The molecular formula is C16H16F3N3O5. The minimum Gasteiger partial charge on any atom is -0.406 e. The molecule has 8 nitrogen and oxygen atoms in total. The van der Waals surface area contributed by atoms with Crippen molar-refractivity contribution in [2.45, 2.75) is 25.1 Å². The third-order valence-corrected chi connectivity index (χ3v) is 4.45. The molecule has 2 aliphatic heterocycles. The third kappa shape index (κ3) is 3.99. The second-order valence-electron chi connectivity index (χ2n) is 6.31. The van der Waals surface area contributed by atoms with Crippen LogP contribution >= 0.6 is 0 Å². The van der Waals surface area contributed by atoms with Gasteiger partial charge in [0.05, 0.1) is 32.0 Å². The molecule has 146 valence electrons. The molecule has 2 atom stereocenters. The van der Waals surface area contributed by atoms with E-state index in [0.717, 1.165) is 12.1 Å². The number of hydrogen-bond acceptors (Lipinski definition) is 7. The van der Waals surface area contributed by atoms with Crippen molar-refractivity contribution in [1.29, 1.82) is 0 Å². The van der Waals surface area contributed by atoms with Crippen LogP contribution in [-0.4, -0.2) is 54.9 Å². The maximum absolute atomic E-state index is 12.3. The van der Waals surface area contributed by atoms with Gasteiger partial charge in [-0.2, -0.15) is 0 Å². The molecule has 1 aromatic heterocycles. The van der Waals surface area contributed by atoms with Crippen molar-refractivity contribution in [2.24, 2.45) is 0 Å². The average molecular weight is 387 g/mol. The van der Waals surface area contributed by atoms with E-state index >= 15 is 0 Å². The molecule has 1 aromatic carbocycles. The normalized spacial score (nSPS) is 23.4. The Balaban J connectivity index is 1.50. The zero-order valence-corrected chi connectivity index (χ0v) is 14.0. The van der Waals surface area contributed by atoms with E-state index in [1.165, 1.54) is 12.1 Å². The molecule has 2 fully saturated rings. The Morgan fingerprint density at radius 2 is 1.78 bits per heavy atom. The smallest absolute Gasteiger partial charge is 0.406 e. The predicted molar refractivity (Wildman–Crippen MR) is 82.3 cm³/mol. The van der Waals surface area contributed by atoms with E-state index in [2.05, 4.69) is 9.89 Å². The van der Waals surface area contributed by atoms with E-state index < -0.39 is 6.36 Å². The summed E-state index contributed by atoms with van der Waals surface area (Å²) in [5, 5.41) is 15.8. The predicted octanol–water partition coefficient (Wildman–Crippen LogP) is 1.47. The van der Waals surface area contributed by atoms with Gasteiger partial charge in [-0.1, -0.05) is 0 Å². The van der Waals surface area contributed by atoms with Crippen LogP contribution in [0.2, 0.25) is 0 Å². The Morgan fingerprint density at radius 1 is 1.15 bits per heavy atom. The van der Waals surface area contributed by atoms with E-state index in [1.807, 2.05) is 4.90 Å². The minimum absolute atomic E-state index is 0.0210. The molecular weight excluding hydrogens is 371 g/mol. The van der Waals surface area contributed by atoms with Gasteiger partial charge in [0.15, 0.2) is 0 Å². The zero-order chi connectivity index (χ0) is 19.0. The Kier molecular flexibility index (Phi) is 4.66. The molecule has 0 amide bonds. The number of alkyl halides is 3. The lowest BCUT2D eigenvalue weighted by Crippen LogP contribution is -2.36. The van der Waals surface area contributed by atoms with Gasteiger partial charge in [-0.05, 0) is 29.2 Å². The largest absolute Gasteiger partial charge is 0.573 e. The molecule has 2 aliphatic rings. The summed E-state index contributed by atoms with van der Waals surface area (Å²) < 4.78 is 56.7. The molecule has 0 radical (unpaired) electrons. The second kappa shape index (κ2) is 6.98. The fourth-order valence-corrected chi connectivity index (χ4v) is 3.34. The first kappa shape index (κ1) is 18.0. The van der Waals surface area contributed by atoms with Gasteiger partial charge in [-0.3, -0.25) is 9.53 Å². The van der Waals surface area contributed by atoms with Gasteiger partial charge in [-0.25, -0.2) is 0 Å². The van der Waals surface area contributed by atoms with E-state index in [4.69, 9.17) is 14.1 Å². The van der Waals surface area contributed by atoms with E-state index in [1.54, 1.807) is 0 Å². The van der Waals surface area contributed by atoms with E-state index in [9.17, 15) is 18.4 Å². The molecule has 2 saturated heterocycles. The highest BCUT2D eigenvalue weighted by atomic mass is 19.4. The lowest BCUT2D eigenvalue weighted by molar-refractivity contribution is -0.793. The molecule has 0 saturated carbocycles. The van der Waals surface area contributed by atoms with Crippen LogP contribution in [0.25, 0.3) is 11.3 Å². The van der Waals surface area contributed by atoms with Crippen LogP contribution in [0.3, 0.4) is 0 Å². The number of nitrogens with zero attached hydrogens (tertiary/aromatic N) is 3. The number of fused-ring (bicyclic) bond motifs is 1. The quantitative estimate of drug-likeness (QED) is 0.735. The summed E-state index contributed by atoms with van der Waals surface area (Å²) in [6, 6.07) is 4.96. The Labute approximate surface area is 151 Å². The van der Waals surface area contributed by atoms with Crippen molar-refractivity contribution in [2.75, 3.05) is 26.3 Å². The van der Waals surface area contributed by atoms with Crippen LogP contribution in [0, 0.1) is 5.21 Å². The van der Waals surface area contributed by atoms with Gasteiger partial charge in [-0.15, -0.1) is 13.2 Å². The highest BCUT2D eigenvalue weighted by molar-refractivity contribution is 5.59. The molecule has 0 N–H and O–H groups in total. The lowest BCUT2D eigenvalue weighted by atomic mass is 10.1. The maximum atomic E-state index is 12.3. The fraction of sp³-hybridized carbons (Fsp3) is 0.500. The molecule has 0 unspecified atom stereocenters. The van der Waals surface area contributed by atoms with Gasteiger partial charge in [0.1, 0.15) is 5.75 Å². The number of aromatic nitrogens is 2. The van der Waals surface area contributed by atoms with Gasteiger partial charge >= 0.3 is 6.36 Å². The number of likely N-dealkylation sites (tertiary alicyclic amines) is 1. The SMILES string of the molecule is [O-][n+]1onc(CN2C[C@@H]3OCCO[C@@H]3C2)c1-c1ccc(OC(F)(F)F)cc1. The summed E-state index contributed by atoms with van der Waals surface area (Å²) in [7, 11) is 0. The number of benzene rings is 1. The summed E-state index contributed by atoms with van der Waals surface area (Å²) >= 11 is 0. The molecule has 0 aliphatic carbocycles. The molecule has 11 heteroatoms. The first-order valence-corrected chi connectivity index (χ1v) is 8.29. The number of rotatable bonds is 4. The zero-order valence-electron chi connectivity index (χ0n) is 14.0. The minimum atomic E-state index is -4.78. The molecule has 0 bridgehead atoms. The highest BCUT2D eigenvalue weighted by Gasteiger charge is 2.38. The Hall–Kier alpha value is -2.37. The van der Waals surface area contributed by atoms with Crippen molar-refractivity contribution in [1.82, 2.24) is 10.1 Å². The lowest BCUT2D eigenvalue weighted by Gasteiger charge is -2.24. The number of hydrogen-bond donors (Lipinski definition) is 0. The van der Waals surface area contributed by atoms with Crippen LogP contribution in [0.5, 0.6) is 5.75 Å². The van der Waals surface area contributed by atoms with Crippen molar-refractivity contribution >= 4 is 0 Å². The summed E-state index contributed by atoms with van der Waals surface area (Å²) in [4.78, 5) is 2.27. The van der Waals surface area contributed by atoms with Crippen molar-refractivity contribution in [3.05, 3.63) is 35.2 Å². The maximum Gasteiger partial charge on any atom is 0.573 e. The molecule has 4 rings (SSSR count). The van der Waals surface area contributed by atoms with Crippen molar-refractivity contribution in [3.8, 4) is 17.0 Å². The van der Waals surface area contributed by atoms with Crippen LogP contribution in [0.4, 0.5) is 13.2 Å².